The molecule has 4 nitrogen and oxygen atoms in total. The zero-order chi connectivity index (χ0) is 15.6. The van der Waals surface area contributed by atoms with E-state index in [2.05, 4.69) is 52.4 Å². The lowest BCUT2D eigenvalue weighted by Gasteiger charge is -2.43. The lowest BCUT2D eigenvalue weighted by molar-refractivity contribution is 0.0339. The lowest BCUT2D eigenvalue weighted by atomic mass is 10.1. The first-order chi connectivity index (χ1) is 11.4. The van der Waals surface area contributed by atoms with E-state index in [-0.39, 0.29) is 0 Å². The van der Waals surface area contributed by atoms with Gasteiger partial charge in [0.05, 0.1) is 24.2 Å². The first-order valence-electron chi connectivity index (χ1n) is 8.74. The zero-order valence-electron chi connectivity index (χ0n) is 13.8. The number of aryl methyl sites for hydroxylation is 1. The van der Waals surface area contributed by atoms with Crippen molar-refractivity contribution < 1.29 is 4.74 Å². The highest BCUT2D eigenvalue weighted by Crippen LogP contribution is 2.31. The van der Waals surface area contributed by atoms with Gasteiger partial charge in [0.1, 0.15) is 5.82 Å². The second-order valence-electron chi connectivity index (χ2n) is 6.48. The molecule has 0 radical (unpaired) electrons. The van der Waals surface area contributed by atoms with E-state index in [9.17, 15) is 0 Å². The van der Waals surface area contributed by atoms with E-state index in [0.717, 1.165) is 44.7 Å². The minimum absolute atomic E-state index is 0.640. The summed E-state index contributed by atoms with van der Waals surface area (Å²) in [6.45, 7) is 7.25. The summed E-state index contributed by atoms with van der Waals surface area (Å²) in [4.78, 5) is 7.60. The molecule has 0 aliphatic carbocycles. The standard InChI is InChI=1S/C18H25N3OS/c1-2-8-21-15-6-4-3-5-14(15)19-18(21)12-20-9-11-23-17-13-22-10-7-16(17)20/h3-6,16-17H,2,7-13H2,1H3/t16-,17+/m1/s1. The van der Waals surface area contributed by atoms with E-state index in [1.165, 1.54) is 23.6 Å². The third-order valence-electron chi connectivity index (χ3n) is 4.97. The Morgan fingerprint density at radius 1 is 1.35 bits per heavy atom. The normalized spacial score (nSPS) is 25.6. The second kappa shape index (κ2) is 6.83. The van der Waals surface area contributed by atoms with Gasteiger partial charge in [-0.25, -0.2) is 4.98 Å². The van der Waals surface area contributed by atoms with E-state index in [4.69, 9.17) is 9.72 Å². The van der Waals surface area contributed by atoms with Crippen LogP contribution in [0.5, 0.6) is 0 Å². The van der Waals surface area contributed by atoms with Crippen molar-refractivity contribution in [1.29, 1.82) is 0 Å². The minimum Gasteiger partial charge on any atom is -0.380 e. The number of fused-ring (bicyclic) bond motifs is 2. The second-order valence-corrected chi connectivity index (χ2v) is 7.83. The molecule has 2 aliphatic rings. The monoisotopic (exact) mass is 331 g/mol. The molecule has 3 heterocycles. The van der Waals surface area contributed by atoms with Gasteiger partial charge in [0.15, 0.2) is 0 Å². The average Bonchev–Trinajstić information content (AvgIpc) is 2.93. The van der Waals surface area contributed by atoms with Gasteiger partial charge in [-0.3, -0.25) is 4.90 Å². The van der Waals surface area contributed by atoms with Gasteiger partial charge in [0.2, 0.25) is 0 Å². The van der Waals surface area contributed by atoms with E-state index < -0.39 is 0 Å². The van der Waals surface area contributed by atoms with Gasteiger partial charge < -0.3 is 9.30 Å². The Hall–Kier alpha value is -1.04. The SMILES string of the molecule is CCCn1c(CN2CCS[C@H]3COCC[C@H]32)nc2ccccc21. The van der Waals surface area contributed by atoms with Gasteiger partial charge in [-0.15, -0.1) is 0 Å². The molecule has 2 aromatic rings. The molecular weight excluding hydrogens is 306 g/mol. The van der Waals surface area contributed by atoms with E-state index in [0.29, 0.717) is 11.3 Å². The van der Waals surface area contributed by atoms with Crippen LogP contribution in [-0.4, -0.2) is 51.3 Å². The lowest BCUT2D eigenvalue weighted by Crippen LogP contribution is -2.51. The molecule has 0 saturated carbocycles. The summed E-state index contributed by atoms with van der Waals surface area (Å²) in [7, 11) is 0. The molecule has 0 spiro atoms. The van der Waals surface area contributed by atoms with Crippen molar-refractivity contribution in [3.05, 3.63) is 30.1 Å². The van der Waals surface area contributed by atoms with Crippen molar-refractivity contribution in [2.75, 3.05) is 25.5 Å². The van der Waals surface area contributed by atoms with Crippen molar-refractivity contribution in [2.45, 2.75) is 44.1 Å². The molecule has 0 unspecified atom stereocenters. The first-order valence-corrected chi connectivity index (χ1v) is 9.79. The van der Waals surface area contributed by atoms with Crippen molar-refractivity contribution in [3.8, 4) is 0 Å². The highest BCUT2D eigenvalue weighted by molar-refractivity contribution is 8.00. The Morgan fingerprint density at radius 3 is 3.17 bits per heavy atom. The van der Waals surface area contributed by atoms with Crippen LogP contribution in [0, 0.1) is 0 Å². The van der Waals surface area contributed by atoms with Crippen LogP contribution in [0.2, 0.25) is 0 Å². The summed E-state index contributed by atoms with van der Waals surface area (Å²) in [6.07, 6.45) is 2.30. The molecule has 2 atom stereocenters. The maximum Gasteiger partial charge on any atom is 0.124 e. The Balaban J connectivity index is 1.62. The van der Waals surface area contributed by atoms with E-state index in [1.54, 1.807) is 0 Å². The maximum atomic E-state index is 5.68. The molecule has 4 rings (SSSR count). The fraction of sp³-hybridized carbons (Fsp3) is 0.611. The van der Waals surface area contributed by atoms with Gasteiger partial charge in [-0.2, -0.15) is 11.8 Å². The fourth-order valence-electron chi connectivity index (χ4n) is 3.86. The number of nitrogens with zero attached hydrogens (tertiary/aromatic N) is 3. The smallest absolute Gasteiger partial charge is 0.124 e. The summed E-state index contributed by atoms with van der Waals surface area (Å²) >= 11 is 2.09. The number of hydrogen-bond acceptors (Lipinski definition) is 4. The predicted octanol–water partition coefficient (Wildman–Crippen LogP) is 3.15. The molecule has 1 aromatic carbocycles. The summed E-state index contributed by atoms with van der Waals surface area (Å²) in [5.41, 5.74) is 2.41. The molecule has 0 amide bonds. The number of thioether (sulfide) groups is 1. The van der Waals surface area contributed by atoms with Crippen LogP contribution in [0.4, 0.5) is 0 Å². The van der Waals surface area contributed by atoms with Crippen molar-refractivity contribution in [3.63, 3.8) is 0 Å². The number of rotatable bonds is 4. The maximum absolute atomic E-state index is 5.68. The summed E-state index contributed by atoms with van der Waals surface area (Å²) in [6, 6.07) is 9.18. The number of aromatic nitrogens is 2. The average molecular weight is 331 g/mol. The van der Waals surface area contributed by atoms with E-state index in [1.807, 2.05) is 0 Å². The quantitative estimate of drug-likeness (QED) is 0.861. The largest absolute Gasteiger partial charge is 0.380 e. The van der Waals surface area contributed by atoms with E-state index >= 15 is 0 Å². The van der Waals surface area contributed by atoms with Gasteiger partial charge in [0.25, 0.3) is 0 Å². The number of imidazole rings is 1. The van der Waals surface area contributed by atoms with Crippen LogP contribution in [0.25, 0.3) is 11.0 Å². The summed E-state index contributed by atoms with van der Waals surface area (Å²) in [5, 5.41) is 0.640. The number of benzene rings is 1. The Bertz CT molecular complexity index is 669. The van der Waals surface area contributed by atoms with Crippen molar-refractivity contribution in [2.24, 2.45) is 0 Å². The number of ether oxygens (including phenoxy) is 1. The molecule has 124 valence electrons. The highest BCUT2D eigenvalue weighted by Gasteiger charge is 2.35. The minimum atomic E-state index is 0.640. The Kier molecular flexibility index (Phi) is 4.60. The van der Waals surface area contributed by atoms with Gasteiger partial charge in [-0.05, 0) is 25.0 Å². The predicted molar refractivity (Wildman–Crippen MR) is 95.9 cm³/mol. The molecule has 5 heteroatoms. The van der Waals surface area contributed by atoms with Crippen LogP contribution in [0.1, 0.15) is 25.6 Å². The number of para-hydroxylation sites is 2. The molecule has 2 fully saturated rings. The van der Waals surface area contributed by atoms with Gasteiger partial charge >= 0.3 is 0 Å². The third-order valence-corrected chi connectivity index (χ3v) is 6.27. The first kappa shape index (κ1) is 15.5. The molecular formula is C18H25N3OS. The molecule has 1 aromatic heterocycles. The van der Waals surface area contributed by atoms with Crippen molar-refractivity contribution in [1.82, 2.24) is 14.5 Å². The summed E-state index contributed by atoms with van der Waals surface area (Å²) in [5.74, 6) is 2.43. The van der Waals surface area contributed by atoms with Crippen LogP contribution in [-0.2, 0) is 17.8 Å². The molecule has 0 bridgehead atoms. The van der Waals surface area contributed by atoms with Crippen LogP contribution in [0.15, 0.2) is 24.3 Å². The topological polar surface area (TPSA) is 30.3 Å². The van der Waals surface area contributed by atoms with Gasteiger partial charge in [-0.1, -0.05) is 19.1 Å². The number of hydrogen-bond donors (Lipinski definition) is 0. The summed E-state index contributed by atoms with van der Waals surface area (Å²) < 4.78 is 8.10. The molecule has 2 aliphatic heterocycles. The van der Waals surface area contributed by atoms with Crippen LogP contribution in [0.3, 0.4) is 0 Å². The Labute approximate surface area is 142 Å². The highest BCUT2D eigenvalue weighted by atomic mass is 32.2. The molecule has 0 N–H and O–H groups in total. The zero-order valence-corrected chi connectivity index (χ0v) is 14.6. The molecule has 23 heavy (non-hydrogen) atoms. The van der Waals surface area contributed by atoms with Crippen LogP contribution >= 0.6 is 11.8 Å². The third kappa shape index (κ3) is 3.02. The van der Waals surface area contributed by atoms with Crippen molar-refractivity contribution >= 4 is 22.8 Å². The fourth-order valence-corrected chi connectivity index (χ4v) is 5.23. The Morgan fingerprint density at radius 2 is 2.26 bits per heavy atom. The van der Waals surface area contributed by atoms with Crippen LogP contribution < -0.4 is 0 Å². The molecule has 2 saturated heterocycles. The van der Waals surface area contributed by atoms with Gasteiger partial charge in [0, 0.05) is 36.7 Å².